The van der Waals surface area contributed by atoms with Crippen LogP contribution in [0.15, 0.2) is 36.7 Å². The van der Waals surface area contributed by atoms with Crippen molar-refractivity contribution in [1.82, 2.24) is 15.2 Å². The van der Waals surface area contributed by atoms with E-state index in [1.54, 1.807) is 6.20 Å². The van der Waals surface area contributed by atoms with E-state index in [1.807, 2.05) is 56.3 Å². The maximum atomic E-state index is 13.1. The van der Waals surface area contributed by atoms with Crippen LogP contribution in [0.1, 0.15) is 52.7 Å². The molecule has 2 fully saturated rings. The van der Waals surface area contributed by atoms with Crippen LogP contribution in [0.2, 0.25) is 0 Å². The van der Waals surface area contributed by atoms with Crippen molar-refractivity contribution in [3.63, 3.8) is 0 Å². The van der Waals surface area contributed by atoms with E-state index in [0.29, 0.717) is 24.7 Å². The number of amides is 1. The molecule has 0 saturated carbocycles. The highest BCUT2D eigenvalue weighted by molar-refractivity contribution is 5.95. The maximum Gasteiger partial charge on any atom is 0.253 e. The predicted molar refractivity (Wildman–Crippen MR) is 110 cm³/mol. The van der Waals surface area contributed by atoms with Crippen LogP contribution in [0.5, 0.6) is 5.75 Å². The Kier molecular flexibility index (Phi) is 5.36. The number of hydrogen-bond donors (Lipinski definition) is 1. The number of hydrogen-bond acceptors (Lipinski definition) is 4. The second kappa shape index (κ2) is 7.92. The van der Waals surface area contributed by atoms with Crippen LogP contribution in [0, 0.1) is 13.8 Å². The zero-order valence-corrected chi connectivity index (χ0v) is 16.9. The van der Waals surface area contributed by atoms with E-state index >= 15 is 0 Å². The SMILES string of the molecule is Cc1cc(C(=O)N(C)C2CC3CCC(C2)N3)cc(C)c1OCc1cccnc1. The summed E-state index contributed by atoms with van der Waals surface area (Å²) in [6.45, 7) is 4.49. The van der Waals surface area contributed by atoms with Gasteiger partial charge in [0.05, 0.1) is 0 Å². The number of piperidine rings is 1. The molecular weight excluding hydrogens is 350 g/mol. The molecule has 1 aromatic heterocycles. The molecule has 5 heteroatoms. The van der Waals surface area contributed by atoms with Gasteiger partial charge in [0, 0.05) is 48.7 Å². The molecule has 28 heavy (non-hydrogen) atoms. The third kappa shape index (κ3) is 3.90. The number of aryl methyl sites for hydroxylation is 2. The summed E-state index contributed by atoms with van der Waals surface area (Å²) in [5.41, 5.74) is 3.76. The number of pyridine rings is 1. The molecule has 1 N–H and O–H groups in total. The molecule has 2 bridgehead atoms. The van der Waals surface area contributed by atoms with Crippen LogP contribution in [-0.4, -0.2) is 41.0 Å². The van der Waals surface area contributed by atoms with Crippen molar-refractivity contribution in [3.05, 3.63) is 58.9 Å². The van der Waals surface area contributed by atoms with E-state index in [4.69, 9.17) is 4.74 Å². The fourth-order valence-corrected chi connectivity index (χ4v) is 4.65. The van der Waals surface area contributed by atoms with Gasteiger partial charge in [-0.2, -0.15) is 0 Å². The Morgan fingerprint density at radius 2 is 1.89 bits per heavy atom. The lowest BCUT2D eigenvalue weighted by molar-refractivity contribution is 0.0681. The first-order chi connectivity index (χ1) is 13.5. The number of fused-ring (bicyclic) bond motifs is 2. The van der Waals surface area contributed by atoms with Crippen LogP contribution in [0.25, 0.3) is 0 Å². The van der Waals surface area contributed by atoms with Gasteiger partial charge in [0.2, 0.25) is 0 Å². The highest BCUT2D eigenvalue weighted by Crippen LogP contribution is 2.31. The summed E-state index contributed by atoms with van der Waals surface area (Å²) < 4.78 is 6.03. The minimum Gasteiger partial charge on any atom is -0.488 e. The molecule has 0 aliphatic carbocycles. The summed E-state index contributed by atoms with van der Waals surface area (Å²) in [4.78, 5) is 19.2. The summed E-state index contributed by atoms with van der Waals surface area (Å²) in [6, 6.07) is 9.30. The van der Waals surface area contributed by atoms with E-state index in [0.717, 1.165) is 40.8 Å². The smallest absolute Gasteiger partial charge is 0.253 e. The first kappa shape index (κ1) is 18.9. The molecule has 2 aliphatic rings. The number of rotatable bonds is 5. The largest absolute Gasteiger partial charge is 0.488 e. The molecule has 2 aromatic rings. The second-order valence-corrected chi connectivity index (χ2v) is 8.27. The van der Waals surface area contributed by atoms with Gasteiger partial charge in [0.15, 0.2) is 0 Å². The van der Waals surface area contributed by atoms with Gasteiger partial charge in [-0.3, -0.25) is 9.78 Å². The third-order valence-corrected chi connectivity index (χ3v) is 6.13. The van der Waals surface area contributed by atoms with Gasteiger partial charge >= 0.3 is 0 Å². The highest BCUT2D eigenvalue weighted by atomic mass is 16.5. The Labute approximate surface area is 167 Å². The third-order valence-electron chi connectivity index (χ3n) is 6.13. The summed E-state index contributed by atoms with van der Waals surface area (Å²) >= 11 is 0. The van der Waals surface area contributed by atoms with Crippen molar-refractivity contribution in [2.45, 2.75) is 64.3 Å². The van der Waals surface area contributed by atoms with Gasteiger partial charge in [0.25, 0.3) is 5.91 Å². The van der Waals surface area contributed by atoms with Crippen molar-refractivity contribution >= 4 is 5.91 Å². The van der Waals surface area contributed by atoms with Crippen LogP contribution < -0.4 is 10.1 Å². The van der Waals surface area contributed by atoms with E-state index in [2.05, 4.69) is 10.3 Å². The first-order valence-electron chi connectivity index (χ1n) is 10.2. The molecule has 3 heterocycles. The molecule has 2 aliphatic heterocycles. The number of nitrogens with zero attached hydrogens (tertiary/aromatic N) is 2. The van der Waals surface area contributed by atoms with Crippen LogP contribution in [-0.2, 0) is 6.61 Å². The molecule has 0 spiro atoms. The van der Waals surface area contributed by atoms with Gasteiger partial charge in [-0.25, -0.2) is 0 Å². The number of aromatic nitrogens is 1. The fourth-order valence-electron chi connectivity index (χ4n) is 4.65. The minimum absolute atomic E-state index is 0.108. The second-order valence-electron chi connectivity index (χ2n) is 8.27. The molecular formula is C23H29N3O2. The lowest BCUT2D eigenvalue weighted by Crippen LogP contribution is -2.48. The van der Waals surface area contributed by atoms with Crippen LogP contribution in [0.3, 0.4) is 0 Å². The Morgan fingerprint density at radius 1 is 1.21 bits per heavy atom. The summed E-state index contributed by atoms with van der Waals surface area (Å²) in [5.74, 6) is 0.958. The molecule has 0 radical (unpaired) electrons. The molecule has 5 nitrogen and oxygen atoms in total. The normalized spacial score (nSPS) is 23.5. The molecule has 2 saturated heterocycles. The van der Waals surface area contributed by atoms with Crippen molar-refractivity contribution in [1.29, 1.82) is 0 Å². The zero-order chi connectivity index (χ0) is 19.7. The van der Waals surface area contributed by atoms with Crippen LogP contribution >= 0.6 is 0 Å². The van der Waals surface area contributed by atoms with E-state index in [-0.39, 0.29) is 5.91 Å². The zero-order valence-electron chi connectivity index (χ0n) is 16.9. The predicted octanol–water partition coefficient (Wildman–Crippen LogP) is 3.63. The fraction of sp³-hybridized carbons (Fsp3) is 0.478. The molecule has 148 valence electrons. The van der Waals surface area contributed by atoms with Crippen molar-refractivity contribution < 1.29 is 9.53 Å². The van der Waals surface area contributed by atoms with Crippen molar-refractivity contribution in [3.8, 4) is 5.75 Å². The number of ether oxygens (including phenoxy) is 1. The first-order valence-corrected chi connectivity index (χ1v) is 10.2. The number of carbonyl (C=O) groups is 1. The molecule has 2 unspecified atom stereocenters. The highest BCUT2D eigenvalue weighted by Gasteiger charge is 2.36. The van der Waals surface area contributed by atoms with Gasteiger partial charge in [-0.15, -0.1) is 0 Å². The molecule has 1 aromatic carbocycles. The quantitative estimate of drug-likeness (QED) is 0.862. The van der Waals surface area contributed by atoms with Crippen molar-refractivity contribution in [2.75, 3.05) is 7.05 Å². The monoisotopic (exact) mass is 379 g/mol. The van der Waals surface area contributed by atoms with E-state index in [1.165, 1.54) is 12.8 Å². The van der Waals surface area contributed by atoms with Crippen LogP contribution in [0.4, 0.5) is 0 Å². The number of benzene rings is 1. The molecule has 2 atom stereocenters. The van der Waals surface area contributed by atoms with Crippen molar-refractivity contribution in [2.24, 2.45) is 0 Å². The Balaban J connectivity index is 1.46. The average Bonchev–Trinajstić information content (AvgIpc) is 3.04. The maximum absolute atomic E-state index is 13.1. The van der Waals surface area contributed by atoms with Gasteiger partial charge < -0.3 is 15.0 Å². The standard InChI is InChI=1S/C23H29N3O2/c1-15-9-18(10-16(2)22(15)28-14-17-5-4-8-24-13-17)23(27)26(3)21-11-19-6-7-20(12-21)25-19/h4-5,8-10,13,19-21,25H,6-7,11-12,14H2,1-3H3. The minimum atomic E-state index is 0.108. The summed E-state index contributed by atoms with van der Waals surface area (Å²) in [6.07, 6.45) is 8.16. The number of carbonyl (C=O) groups excluding carboxylic acids is 1. The van der Waals surface area contributed by atoms with Gasteiger partial charge in [0.1, 0.15) is 12.4 Å². The Morgan fingerprint density at radius 3 is 2.50 bits per heavy atom. The lowest BCUT2D eigenvalue weighted by atomic mass is 9.97. The van der Waals surface area contributed by atoms with Gasteiger partial charge in [-0.05, 0) is 68.9 Å². The summed E-state index contributed by atoms with van der Waals surface area (Å²) in [5, 5.41) is 3.65. The number of nitrogens with one attached hydrogen (secondary N) is 1. The van der Waals surface area contributed by atoms with Gasteiger partial charge in [-0.1, -0.05) is 6.07 Å². The Hall–Kier alpha value is -2.40. The molecule has 1 amide bonds. The Bertz CT molecular complexity index is 817. The molecule has 4 rings (SSSR count). The topological polar surface area (TPSA) is 54.5 Å². The average molecular weight is 380 g/mol. The summed E-state index contributed by atoms with van der Waals surface area (Å²) in [7, 11) is 1.95. The van der Waals surface area contributed by atoms with E-state index in [9.17, 15) is 4.79 Å². The van der Waals surface area contributed by atoms with E-state index < -0.39 is 0 Å². The lowest BCUT2D eigenvalue weighted by Gasteiger charge is -2.35.